The van der Waals surface area contributed by atoms with E-state index in [1.54, 1.807) is 30.5 Å². The largest absolute Gasteiger partial charge is 0.266 e. The highest BCUT2D eigenvalue weighted by Gasteiger charge is 2.23. The van der Waals surface area contributed by atoms with Crippen LogP contribution in [0.2, 0.25) is 5.02 Å². The molecule has 0 spiro atoms. The first-order valence-electron chi connectivity index (χ1n) is 14.3. The number of benzene rings is 2. The van der Waals surface area contributed by atoms with Crippen LogP contribution in [0.4, 0.5) is 13.2 Å². The van der Waals surface area contributed by atoms with Crippen molar-refractivity contribution in [1.82, 2.24) is 0 Å². The highest BCUT2D eigenvalue weighted by molar-refractivity contribution is 6.31. The fraction of sp³-hybridized carbons (Fsp3) is 0.429. The second kappa shape index (κ2) is 18.4. The average Bonchev–Trinajstić information content (AvgIpc) is 2.94. The number of nitrogens with zero attached hydrogens (tertiary/aromatic N) is 2. The van der Waals surface area contributed by atoms with Crippen molar-refractivity contribution in [2.24, 2.45) is 4.99 Å². The van der Waals surface area contributed by atoms with E-state index in [0.29, 0.717) is 24.8 Å². The summed E-state index contributed by atoms with van der Waals surface area (Å²) in [6.45, 7) is 17.1. The molecule has 0 N–H and O–H groups in total. The fourth-order valence-corrected chi connectivity index (χ4v) is 4.59. The lowest BCUT2D eigenvalue weighted by Crippen LogP contribution is -2.07. The van der Waals surface area contributed by atoms with Crippen LogP contribution in [-0.2, 0) is 6.42 Å². The Balaban J connectivity index is 0.000000545. The first kappa shape index (κ1) is 35.9. The van der Waals surface area contributed by atoms with E-state index in [2.05, 4.69) is 25.4 Å². The molecule has 0 aromatic heterocycles. The smallest absolute Gasteiger partial charge is 0.162 e. The van der Waals surface area contributed by atoms with Gasteiger partial charge in [-0.2, -0.15) is 5.26 Å². The summed E-state index contributed by atoms with van der Waals surface area (Å²) >= 11 is 6.08. The number of nitriles is 1. The van der Waals surface area contributed by atoms with Crippen molar-refractivity contribution in [3.63, 3.8) is 0 Å². The maximum absolute atomic E-state index is 15.0. The Morgan fingerprint density at radius 1 is 1.02 bits per heavy atom. The SMILES string of the molecule is C=C(/C=C\N=C(C)CCC)CC#N.CCCC/C(=C(/C)C(C)c1ccc(C)c(F)c1F)c1c(CC)ccc(Cl)c1F. The minimum absolute atomic E-state index is 0.0780. The van der Waals surface area contributed by atoms with Crippen LogP contribution in [-0.4, -0.2) is 5.71 Å². The van der Waals surface area contributed by atoms with Gasteiger partial charge in [0.2, 0.25) is 0 Å². The number of aliphatic imine (C=N–C) groups is 1. The zero-order chi connectivity index (χ0) is 31.1. The molecule has 0 amide bonds. The van der Waals surface area contributed by atoms with Crippen molar-refractivity contribution < 1.29 is 13.2 Å². The molecular weight excluding hydrogens is 541 g/mol. The molecule has 0 aliphatic rings. The maximum atomic E-state index is 15.0. The first-order valence-corrected chi connectivity index (χ1v) is 14.7. The molecule has 2 nitrogen and oxygen atoms in total. The molecule has 0 aliphatic heterocycles. The molecule has 0 heterocycles. The minimum atomic E-state index is -0.830. The van der Waals surface area contributed by atoms with Crippen LogP contribution in [0.1, 0.15) is 108 Å². The van der Waals surface area contributed by atoms with Gasteiger partial charge in [0.05, 0.1) is 17.5 Å². The average molecular weight is 585 g/mol. The monoisotopic (exact) mass is 584 g/mol. The lowest BCUT2D eigenvalue weighted by Gasteiger charge is -2.22. The van der Waals surface area contributed by atoms with Crippen LogP contribution in [0.3, 0.4) is 0 Å². The van der Waals surface area contributed by atoms with Crippen LogP contribution in [0.15, 0.2) is 59.3 Å². The lowest BCUT2D eigenvalue weighted by molar-refractivity contribution is 0.490. The second-order valence-electron chi connectivity index (χ2n) is 10.3. The van der Waals surface area contributed by atoms with Gasteiger partial charge in [0, 0.05) is 23.4 Å². The van der Waals surface area contributed by atoms with Gasteiger partial charge in [0.1, 0.15) is 5.82 Å². The second-order valence-corrected chi connectivity index (χ2v) is 10.7. The molecule has 0 radical (unpaired) electrons. The van der Waals surface area contributed by atoms with Crippen LogP contribution >= 0.6 is 11.6 Å². The number of allylic oxidation sites excluding steroid dienone is 4. The van der Waals surface area contributed by atoms with Crippen molar-refractivity contribution in [3.05, 3.63) is 99.0 Å². The molecule has 0 bridgehead atoms. The number of hydrogen-bond acceptors (Lipinski definition) is 2. The molecule has 0 saturated carbocycles. The molecule has 222 valence electrons. The summed E-state index contributed by atoms with van der Waals surface area (Å²) in [6, 6.07) is 8.65. The molecule has 2 aromatic rings. The third kappa shape index (κ3) is 10.7. The number of hydrogen-bond donors (Lipinski definition) is 0. The van der Waals surface area contributed by atoms with Gasteiger partial charge in [-0.3, -0.25) is 4.99 Å². The summed E-state index contributed by atoms with van der Waals surface area (Å²) in [7, 11) is 0. The summed E-state index contributed by atoms with van der Waals surface area (Å²) in [4.78, 5) is 4.20. The number of halogens is 4. The van der Waals surface area contributed by atoms with Crippen LogP contribution < -0.4 is 0 Å². The highest BCUT2D eigenvalue weighted by Crippen LogP contribution is 2.39. The van der Waals surface area contributed by atoms with E-state index >= 15 is 4.39 Å². The fourth-order valence-electron chi connectivity index (χ4n) is 4.43. The van der Waals surface area contributed by atoms with Crippen molar-refractivity contribution in [2.45, 2.75) is 99.3 Å². The summed E-state index contributed by atoms with van der Waals surface area (Å²) in [5, 5.41) is 8.43. The molecule has 1 unspecified atom stereocenters. The van der Waals surface area contributed by atoms with E-state index < -0.39 is 17.5 Å². The zero-order valence-corrected chi connectivity index (χ0v) is 26.4. The Morgan fingerprint density at radius 3 is 2.29 bits per heavy atom. The van der Waals surface area contributed by atoms with Crippen LogP contribution in [0.25, 0.3) is 5.57 Å². The van der Waals surface area contributed by atoms with E-state index in [4.69, 9.17) is 16.9 Å². The Morgan fingerprint density at radius 2 is 1.71 bits per heavy atom. The molecule has 2 aromatic carbocycles. The van der Waals surface area contributed by atoms with Gasteiger partial charge in [0.25, 0.3) is 0 Å². The van der Waals surface area contributed by atoms with Gasteiger partial charge < -0.3 is 0 Å². The Hall–Kier alpha value is -3.10. The Bertz CT molecular complexity index is 1320. The lowest BCUT2D eigenvalue weighted by atomic mass is 9.83. The van der Waals surface area contributed by atoms with Gasteiger partial charge in [-0.05, 0) is 86.4 Å². The van der Waals surface area contributed by atoms with Crippen molar-refractivity contribution >= 4 is 22.9 Å². The van der Waals surface area contributed by atoms with Crippen molar-refractivity contribution in [1.29, 1.82) is 5.26 Å². The molecule has 0 saturated heterocycles. The Kier molecular flexibility index (Phi) is 16.1. The van der Waals surface area contributed by atoms with Gasteiger partial charge in [-0.25, -0.2) is 13.2 Å². The predicted molar refractivity (Wildman–Crippen MR) is 169 cm³/mol. The molecule has 41 heavy (non-hydrogen) atoms. The van der Waals surface area contributed by atoms with Gasteiger partial charge in [-0.15, -0.1) is 0 Å². The van der Waals surface area contributed by atoms with E-state index in [0.717, 1.165) is 53.7 Å². The molecular formula is C35H44ClF3N2. The van der Waals surface area contributed by atoms with Gasteiger partial charge in [0.15, 0.2) is 11.6 Å². The first-order chi connectivity index (χ1) is 19.4. The third-order valence-corrected chi connectivity index (χ3v) is 7.36. The summed E-state index contributed by atoms with van der Waals surface area (Å²) < 4.78 is 43.7. The van der Waals surface area contributed by atoms with E-state index in [-0.39, 0.29) is 22.1 Å². The topological polar surface area (TPSA) is 36.1 Å². The van der Waals surface area contributed by atoms with Gasteiger partial charge >= 0.3 is 0 Å². The Labute approximate surface area is 250 Å². The van der Waals surface area contributed by atoms with E-state index in [9.17, 15) is 8.78 Å². The number of aryl methyl sites for hydroxylation is 2. The van der Waals surface area contributed by atoms with Crippen LogP contribution in [0.5, 0.6) is 0 Å². The molecule has 2 rings (SSSR count). The van der Waals surface area contributed by atoms with Crippen molar-refractivity contribution in [3.8, 4) is 6.07 Å². The quantitative estimate of drug-likeness (QED) is 0.180. The highest BCUT2D eigenvalue weighted by atomic mass is 35.5. The van der Waals surface area contributed by atoms with Crippen LogP contribution in [0, 0.1) is 35.7 Å². The summed E-state index contributed by atoms with van der Waals surface area (Å²) in [5.41, 5.74) is 5.54. The third-order valence-electron chi connectivity index (χ3n) is 7.06. The normalized spacial score (nSPS) is 12.9. The molecule has 1 atom stereocenters. The maximum Gasteiger partial charge on any atom is 0.162 e. The molecule has 0 fully saturated rings. The summed E-state index contributed by atoms with van der Waals surface area (Å²) in [6.07, 6.45) is 9.14. The van der Waals surface area contributed by atoms with Gasteiger partial charge in [-0.1, -0.05) is 82.5 Å². The van der Waals surface area contributed by atoms with Crippen molar-refractivity contribution in [2.75, 3.05) is 0 Å². The number of unbranched alkanes of at least 4 members (excludes halogenated alkanes) is 1. The molecule has 0 aliphatic carbocycles. The van der Waals surface area contributed by atoms with E-state index in [1.165, 1.54) is 6.92 Å². The standard InChI is InChI=1S/C24H28ClF3.C11H16N2/c1-6-8-9-18(21-17(7-2)11-13-20(25)24(21)28)15(4)16(5)19-12-10-14(3)22(26)23(19)27;1-4-5-11(3)13-9-7-10(2)6-8-12/h10-13,16H,6-9H2,1-5H3;7,9H,2,4-6H2,1,3H3/b18-15+;9-7-,13-11?. The summed E-state index contributed by atoms with van der Waals surface area (Å²) in [5.74, 6) is -2.47. The van der Waals surface area contributed by atoms with E-state index in [1.807, 2.05) is 39.8 Å². The number of rotatable bonds is 12. The predicted octanol–water partition coefficient (Wildman–Crippen LogP) is 11.6. The zero-order valence-electron chi connectivity index (χ0n) is 25.6. The molecule has 6 heteroatoms. The minimum Gasteiger partial charge on any atom is -0.266 e.